The average Bonchev–Trinajstić information content (AvgIpc) is 3.56. The highest BCUT2D eigenvalue weighted by atomic mass is 79.9. The first-order valence-corrected chi connectivity index (χ1v) is 15.2. The predicted molar refractivity (Wildman–Crippen MR) is 166 cm³/mol. The molecule has 2 aromatic heterocycles. The Bertz CT molecular complexity index is 1950. The summed E-state index contributed by atoms with van der Waals surface area (Å²) in [5.41, 5.74) is 2.44. The van der Waals surface area contributed by atoms with Crippen molar-refractivity contribution in [1.29, 1.82) is 0 Å². The van der Waals surface area contributed by atoms with Gasteiger partial charge in [0.25, 0.3) is 11.2 Å². The van der Waals surface area contributed by atoms with Crippen LogP contribution in [0, 0.1) is 17.0 Å². The number of ether oxygens (including phenoxy) is 2. The standard InChI is InChI=1S/C31H28BrN3O7S/c1-5-7-23-27(30(37)41-6-2)28(22-14-18(32)9-12-24(22)40-4)34-29(36)26(43-31(34)33-23)16-20-11-13-25(42-20)21-15-19(35(38)39)10-8-17(21)3/h8-16,28H,5-7H2,1-4H3/b26-16+/t28-/m1/s1. The van der Waals surface area contributed by atoms with Crippen LogP contribution in [0.5, 0.6) is 5.75 Å². The molecule has 0 amide bonds. The van der Waals surface area contributed by atoms with E-state index in [4.69, 9.17) is 18.9 Å². The smallest absolute Gasteiger partial charge is 0.338 e. The molecule has 0 N–H and O–H groups in total. The molecule has 5 rings (SSSR count). The van der Waals surface area contributed by atoms with E-state index in [1.54, 1.807) is 37.3 Å². The van der Waals surface area contributed by atoms with E-state index >= 15 is 0 Å². The van der Waals surface area contributed by atoms with Crippen molar-refractivity contribution in [2.45, 2.75) is 39.7 Å². The molecule has 12 heteroatoms. The van der Waals surface area contributed by atoms with E-state index in [0.29, 0.717) is 55.4 Å². The maximum Gasteiger partial charge on any atom is 0.338 e. The predicted octanol–water partition coefficient (Wildman–Crippen LogP) is 5.83. The molecule has 0 saturated heterocycles. The van der Waals surface area contributed by atoms with Crippen molar-refractivity contribution >= 4 is 45.0 Å². The average molecular weight is 667 g/mol. The van der Waals surface area contributed by atoms with Gasteiger partial charge in [0.15, 0.2) is 4.80 Å². The number of allylic oxidation sites excluding steroid dienone is 1. The number of benzene rings is 2. The molecule has 1 aliphatic rings. The molecule has 0 fully saturated rings. The number of aromatic nitrogens is 1. The van der Waals surface area contributed by atoms with E-state index in [9.17, 15) is 19.7 Å². The summed E-state index contributed by atoms with van der Waals surface area (Å²) in [4.78, 5) is 43.6. The number of non-ortho nitro benzene ring substituents is 1. The molecule has 1 atom stereocenters. The second-order valence-electron chi connectivity index (χ2n) is 9.76. The zero-order valence-electron chi connectivity index (χ0n) is 23.9. The number of hydrogen-bond acceptors (Lipinski definition) is 9. The largest absolute Gasteiger partial charge is 0.496 e. The number of hydrogen-bond donors (Lipinski definition) is 0. The first kappa shape index (κ1) is 30.2. The van der Waals surface area contributed by atoms with E-state index in [1.165, 1.54) is 35.1 Å². The minimum Gasteiger partial charge on any atom is -0.496 e. The van der Waals surface area contributed by atoms with Crippen LogP contribution < -0.4 is 19.6 Å². The van der Waals surface area contributed by atoms with Crippen LogP contribution in [0.25, 0.3) is 17.4 Å². The van der Waals surface area contributed by atoms with Crippen molar-refractivity contribution in [2.24, 2.45) is 4.99 Å². The fourth-order valence-corrected chi connectivity index (χ4v) is 6.41. The summed E-state index contributed by atoms with van der Waals surface area (Å²) >= 11 is 4.70. The van der Waals surface area contributed by atoms with E-state index in [0.717, 1.165) is 16.5 Å². The Morgan fingerprint density at radius 2 is 2.00 bits per heavy atom. The van der Waals surface area contributed by atoms with Gasteiger partial charge in [-0.25, -0.2) is 9.79 Å². The lowest BCUT2D eigenvalue weighted by atomic mass is 9.93. The molecule has 0 radical (unpaired) electrons. The van der Waals surface area contributed by atoms with Gasteiger partial charge >= 0.3 is 5.97 Å². The van der Waals surface area contributed by atoms with Crippen LogP contribution in [0.15, 0.2) is 78.5 Å². The van der Waals surface area contributed by atoms with Gasteiger partial charge in [-0.1, -0.05) is 46.7 Å². The fourth-order valence-electron chi connectivity index (χ4n) is 5.03. The number of nitro groups is 1. The summed E-state index contributed by atoms with van der Waals surface area (Å²) < 4.78 is 19.8. The Morgan fingerprint density at radius 3 is 2.70 bits per heavy atom. The second-order valence-corrected chi connectivity index (χ2v) is 11.7. The van der Waals surface area contributed by atoms with Crippen LogP contribution in [0.3, 0.4) is 0 Å². The summed E-state index contributed by atoms with van der Waals surface area (Å²) in [6, 6.07) is 12.6. The van der Waals surface area contributed by atoms with E-state index in [1.807, 2.05) is 26.0 Å². The van der Waals surface area contributed by atoms with E-state index in [2.05, 4.69) is 15.9 Å². The van der Waals surface area contributed by atoms with Gasteiger partial charge in [0.05, 0.1) is 34.4 Å². The van der Waals surface area contributed by atoms with Crippen molar-refractivity contribution < 1.29 is 23.6 Å². The van der Waals surface area contributed by atoms with Crippen LogP contribution >= 0.6 is 27.3 Å². The second kappa shape index (κ2) is 12.5. The molecule has 0 spiro atoms. The highest BCUT2D eigenvalue weighted by Gasteiger charge is 2.36. The molecule has 0 unspecified atom stereocenters. The first-order chi connectivity index (χ1) is 20.7. The number of thiazole rings is 1. The van der Waals surface area contributed by atoms with Crippen LogP contribution in [0.4, 0.5) is 5.69 Å². The zero-order valence-corrected chi connectivity index (χ0v) is 26.3. The molecule has 4 aromatic rings. The Morgan fingerprint density at radius 1 is 1.21 bits per heavy atom. The van der Waals surface area contributed by atoms with E-state index in [-0.39, 0.29) is 17.9 Å². The quantitative estimate of drug-likeness (QED) is 0.125. The van der Waals surface area contributed by atoms with Gasteiger partial charge in [0.1, 0.15) is 23.3 Å². The Balaban J connectivity index is 1.70. The zero-order chi connectivity index (χ0) is 30.8. The summed E-state index contributed by atoms with van der Waals surface area (Å²) in [7, 11) is 1.54. The summed E-state index contributed by atoms with van der Waals surface area (Å²) in [6.07, 6.45) is 2.85. The number of esters is 1. The van der Waals surface area contributed by atoms with Gasteiger partial charge in [-0.2, -0.15) is 0 Å². The van der Waals surface area contributed by atoms with Crippen LogP contribution in [-0.4, -0.2) is 29.2 Å². The number of halogens is 1. The van der Waals surface area contributed by atoms with Crippen molar-refractivity contribution in [3.63, 3.8) is 0 Å². The Labute approximate surface area is 258 Å². The van der Waals surface area contributed by atoms with Gasteiger partial charge in [-0.15, -0.1) is 0 Å². The van der Waals surface area contributed by atoms with Crippen molar-refractivity contribution in [3.05, 3.63) is 111 Å². The lowest BCUT2D eigenvalue weighted by Crippen LogP contribution is -2.40. The first-order valence-electron chi connectivity index (χ1n) is 13.6. The molecule has 1 aliphatic heterocycles. The molecule has 0 aliphatic carbocycles. The number of aryl methyl sites for hydroxylation is 1. The molecular weight excluding hydrogens is 638 g/mol. The minimum atomic E-state index is -0.842. The number of carbonyl (C=O) groups excluding carboxylic acids is 1. The third kappa shape index (κ3) is 5.84. The Kier molecular flexibility index (Phi) is 8.79. The molecular formula is C31H28BrN3O7S. The van der Waals surface area contributed by atoms with Gasteiger partial charge in [-0.05, 0) is 56.2 Å². The lowest BCUT2D eigenvalue weighted by Gasteiger charge is -2.27. The molecule has 0 saturated carbocycles. The van der Waals surface area contributed by atoms with Crippen molar-refractivity contribution in [2.75, 3.05) is 13.7 Å². The molecule has 43 heavy (non-hydrogen) atoms. The summed E-state index contributed by atoms with van der Waals surface area (Å²) in [5, 5.41) is 11.3. The lowest BCUT2D eigenvalue weighted by molar-refractivity contribution is -0.384. The van der Waals surface area contributed by atoms with Crippen molar-refractivity contribution in [1.82, 2.24) is 4.57 Å². The third-order valence-electron chi connectivity index (χ3n) is 6.98. The van der Waals surface area contributed by atoms with Crippen LogP contribution in [-0.2, 0) is 9.53 Å². The fraction of sp³-hybridized carbons (Fsp3) is 0.258. The SMILES string of the molecule is CCCC1=C(C(=O)OCC)[C@@H](c2cc(Br)ccc2OC)n2c(s/c(=C/c3ccc(-c4cc([N+](=O)[O-])ccc4C)o3)c2=O)=N1. The minimum absolute atomic E-state index is 0.0462. The van der Waals surface area contributed by atoms with Crippen LogP contribution in [0.1, 0.15) is 49.6 Å². The maximum absolute atomic E-state index is 14.1. The van der Waals surface area contributed by atoms with Gasteiger partial charge < -0.3 is 13.9 Å². The van der Waals surface area contributed by atoms with Crippen LogP contribution in [0.2, 0.25) is 0 Å². The Hall–Kier alpha value is -4.29. The molecule has 2 aromatic carbocycles. The topological polar surface area (TPSA) is 126 Å². The summed E-state index contributed by atoms with van der Waals surface area (Å²) in [6.45, 7) is 5.73. The maximum atomic E-state index is 14.1. The molecule has 3 heterocycles. The third-order valence-corrected chi connectivity index (χ3v) is 8.45. The number of rotatable bonds is 9. The van der Waals surface area contributed by atoms with Gasteiger partial charge in [0.2, 0.25) is 0 Å². The number of furan rings is 1. The number of methoxy groups -OCH3 is 1. The molecule has 0 bridgehead atoms. The van der Waals surface area contributed by atoms with Gasteiger partial charge in [0, 0.05) is 33.8 Å². The highest BCUT2D eigenvalue weighted by molar-refractivity contribution is 9.10. The molecule has 222 valence electrons. The number of nitro benzene ring substituents is 1. The number of nitrogens with zero attached hydrogens (tertiary/aromatic N) is 3. The highest BCUT2D eigenvalue weighted by Crippen LogP contribution is 2.38. The van der Waals surface area contributed by atoms with Crippen molar-refractivity contribution in [3.8, 4) is 17.1 Å². The normalized spacial score (nSPS) is 14.8. The van der Waals surface area contributed by atoms with E-state index < -0.39 is 16.9 Å². The number of carbonyl (C=O) groups is 1. The summed E-state index contributed by atoms with van der Waals surface area (Å²) in [5.74, 6) is 0.789. The monoisotopic (exact) mass is 665 g/mol. The number of fused-ring (bicyclic) bond motifs is 1. The van der Waals surface area contributed by atoms with Gasteiger partial charge in [-0.3, -0.25) is 19.5 Å². The molecule has 10 nitrogen and oxygen atoms in total.